The van der Waals surface area contributed by atoms with Crippen molar-refractivity contribution in [1.29, 1.82) is 0 Å². The molecule has 0 spiro atoms. The van der Waals surface area contributed by atoms with Crippen LogP contribution < -0.4 is 4.74 Å². The fraction of sp³-hybridized carbons (Fsp3) is 0.529. The monoisotopic (exact) mass is 303 g/mol. The van der Waals surface area contributed by atoms with Gasteiger partial charge in [-0.2, -0.15) is 0 Å². The lowest BCUT2D eigenvalue weighted by Crippen LogP contribution is -2.03. The number of hydrogen-bond acceptors (Lipinski definition) is 4. The van der Waals surface area contributed by atoms with Crippen molar-refractivity contribution in [2.24, 2.45) is 0 Å². The van der Waals surface area contributed by atoms with Gasteiger partial charge in [-0.15, -0.1) is 5.10 Å². The van der Waals surface area contributed by atoms with Gasteiger partial charge in [-0.3, -0.25) is 0 Å². The minimum Gasteiger partial charge on any atom is -0.494 e. The first-order valence-corrected chi connectivity index (χ1v) is 8.07. The SMILES string of the molecule is CCCCCCOc1ccc(-n2nnc(CO)c2CC)cc1. The zero-order chi connectivity index (χ0) is 15.8. The normalized spacial score (nSPS) is 10.9. The van der Waals surface area contributed by atoms with Crippen LogP contribution in [0.15, 0.2) is 24.3 Å². The summed E-state index contributed by atoms with van der Waals surface area (Å²) in [7, 11) is 0. The van der Waals surface area contributed by atoms with Crippen LogP contribution in [0, 0.1) is 0 Å². The molecule has 0 atom stereocenters. The lowest BCUT2D eigenvalue weighted by molar-refractivity contribution is 0.275. The van der Waals surface area contributed by atoms with Crippen LogP contribution in [0.4, 0.5) is 0 Å². The van der Waals surface area contributed by atoms with E-state index >= 15 is 0 Å². The molecule has 0 bridgehead atoms. The van der Waals surface area contributed by atoms with Crippen LogP contribution in [0.5, 0.6) is 5.75 Å². The second-order valence-electron chi connectivity index (χ2n) is 5.31. The number of ether oxygens (including phenoxy) is 1. The molecule has 0 amide bonds. The Morgan fingerprint density at radius 2 is 1.86 bits per heavy atom. The van der Waals surface area contributed by atoms with Crippen LogP contribution in [-0.2, 0) is 13.0 Å². The molecule has 0 aliphatic heterocycles. The molecule has 2 rings (SSSR count). The number of aromatic nitrogens is 3. The van der Waals surface area contributed by atoms with E-state index in [9.17, 15) is 5.11 Å². The minimum atomic E-state index is -0.0812. The molecule has 1 N–H and O–H groups in total. The van der Waals surface area contributed by atoms with Crippen molar-refractivity contribution in [2.45, 2.75) is 52.6 Å². The standard InChI is InChI=1S/C17H25N3O2/c1-3-5-6-7-12-22-15-10-8-14(9-11-15)20-17(4-2)16(13-21)18-19-20/h8-11,21H,3-7,12-13H2,1-2H3. The molecule has 1 aromatic carbocycles. The van der Waals surface area contributed by atoms with Gasteiger partial charge < -0.3 is 9.84 Å². The number of rotatable bonds is 9. The van der Waals surface area contributed by atoms with Crippen molar-refractivity contribution in [3.8, 4) is 11.4 Å². The summed E-state index contributed by atoms with van der Waals surface area (Å²) in [5.74, 6) is 0.876. The molecule has 120 valence electrons. The minimum absolute atomic E-state index is 0.0812. The Kier molecular flexibility index (Phi) is 6.40. The third kappa shape index (κ3) is 4.07. The van der Waals surface area contributed by atoms with Crippen LogP contribution >= 0.6 is 0 Å². The molecular weight excluding hydrogens is 278 g/mol. The molecule has 5 heteroatoms. The quantitative estimate of drug-likeness (QED) is 0.722. The Bertz CT molecular complexity index is 564. The van der Waals surface area contributed by atoms with Crippen LogP contribution in [0.3, 0.4) is 0 Å². The van der Waals surface area contributed by atoms with E-state index in [-0.39, 0.29) is 6.61 Å². The Labute approximate surface area is 131 Å². The molecule has 0 aliphatic rings. The van der Waals surface area contributed by atoms with Crippen molar-refractivity contribution in [3.05, 3.63) is 35.7 Å². The van der Waals surface area contributed by atoms with Gasteiger partial charge in [-0.05, 0) is 37.1 Å². The number of aliphatic hydroxyl groups excluding tert-OH is 1. The molecule has 0 unspecified atom stereocenters. The molecule has 0 radical (unpaired) electrons. The van der Waals surface area contributed by atoms with Crippen molar-refractivity contribution in [2.75, 3.05) is 6.61 Å². The highest BCUT2D eigenvalue weighted by Gasteiger charge is 2.11. The predicted molar refractivity (Wildman–Crippen MR) is 86.3 cm³/mol. The van der Waals surface area contributed by atoms with E-state index in [4.69, 9.17) is 4.74 Å². The zero-order valence-electron chi connectivity index (χ0n) is 13.5. The summed E-state index contributed by atoms with van der Waals surface area (Å²) < 4.78 is 7.52. The summed E-state index contributed by atoms with van der Waals surface area (Å²) in [6, 6.07) is 7.84. The summed E-state index contributed by atoms with van der Waals surface area (Å²) in [6.07, 6.45) is 5.60. The summed E-state index contributed by atoms with van der Waals surface area (Å²) in [6.45, 7) is 4.91. The van der Waals surface area contributed by atoms with Crippen molar-refractivity contribution in [1.82, 2.24) is 15.0 Å². The lowest BCUT2D eigenvalue weighted by Gasteiger charge is -2.08. The van der Waals surface area contributed by atoms with E-state index in [1.54, 1.807) is 4.68 Å². The second kappa shape index (κ2) is 8.54. The maximum absolute atomic E-state index is 9.28. The fourth-order valence-corrected chi connectivity index (χ4v) is 2.42. The van der Waals surface area contributed by atoms with E-state index in [0.717, 1.165) is 36.6 Å². The van der Waals surface area contributed by atoms with Gasteiger partial charge in [0.2, 0.25) is 0 Å². The Morgan fingerprint density at radius 3 is 2.50 bits per heavy atom. The summed E-state index contributed by atoms with van der Waals surface area (Å²) in [5, 5.41) is 17.4. The molecule has 0 saturated heterocycles. The first-order valence-electron chi connectivity index (χ1n) is 8.07. The fourth-order valence-electron chi connectivity index (χ4n) is 2.42. The van der Waals surface area contributed by atoms with Gasteiger partial charge in [-0.1, -0.05) is 38.3 Å². The van der Waals surface area contributed by atoms with Gasteiger partial charge in [0.05, 0.1) is 24.6 Å². The smallest absolute Gasteiger partial charge is 0.119 e. The highest BCUT2D eigenvalue weighted by Crippen LogP contribution is 2.18. The van der Waals surface area contributed by atoms with Crippen LogP contribution in [0.1, 0.15) is 50.9 Å². The van der Waals surface area contributed by atoms with Gasteiger partial charge in [-0.25, -0.2) is 4.68 Å². The van der Waals surface area contributed by atoms with Gasteiger partial charge >= 0.3 is 0 Å². The maximum Gasteiger partial charge on any atom is 0.119 e. The van der Waals surface area contributed by atoms with Crippen molar-refractivity contribution < 1.29 is 9.84 Å². The van der Waals surface area contributed by atoms with E-state index in [2.05, 4.69) is 17.2 Å². The van der Waals surface area contributed by atoms with Gasteiger partial charge in [0, 0.05) is 0 Å². The highest BCUT2D eigenvalue weighted by atomic mass is 16.5. The molecule has 1 heterocycles. The summed E-state index contributed by atoms with van der Waals surface area (Å²) in [5.41, 5.74) is 2.51. The molecule has 1 aromatic heterocycles. The summed E-state index contributed by atoms with van der Waals surface area (Å²) in [4.78, 5) is 0. The number of aliphatic hydroxyl groups is 1. The molecule has 5 nitrogen and oxygen atoms in total. The van der Waals surface area contributed by atoms with E-state index in [1.165, 1.54) is 19.3 Å². The van der Waals surface area contributed by atoms with E-state index < -0.39 is 0 Å². The van der Waals surface area contributed by atoms with Crippen molar-refractivity contribution in [3.63, 3.8) is 0 Å². The third-order valence-corrected chi connectivity index (χ3v) is 3.68. The lowest BCUT2D eigenvalue weighted by atomic mass is 10.2. The molecule has 0 fully saturated rings. The Morgan fingerprint density at radius 1 is 1.09 bits per heavy atom. The largest absolute Gasteiger partial charge is 0.494 e. The van der Waals surface area contributed by atoms with Crippen LogP contribution in [-0.4, -0.2) is 26.7 Å². The van der Waals surface area contributed by atoms with Crippen molar-refractivity contribution >= 4 is 0 Å². The van der Waals surface area contributed by atoms with E-state index in [1.807, 2.05) is 31.2 Å². The number of nitrogens with zero attached hydrogens (tertiary/aromatic N) is 3. The molecule has 22 heavy (non-hydrogen) atoms. The second-order valence-corrected chi connectivity index (χ2v) is 5.31. The summed E-state index contributed by atoms with van der Waals surface area (Å²) >= 11 is 0. The van der Waals surface area contributed by atoms with Crippen LogP contribution in [0.25, 0.3) is 5.69 Å². The van der Waals surface area contributed by atoms with Gasteiger partial charge in [0.1, 0.15) is 11.4 Å². The maximum atomic E-state index is 9.28. The molecule has 0 saturated carbocycles. The first kappa shape index (κ1) is 16.5. The van der Waals surface area contributed by atoms with Gasteiger partial charge in [0.15, 0.2) is 0 Å². The average Bonchev–Trinajstić information content (AvgIpc) is 2.98. The molecular formula is C17H25N3O2. The highest BCUT2D eigenvalue weighted by molar-refractivity contribution is 5.38. The zero-order valence-corrected chi connectivity index (χ0v) is 13.5. The average molecular weight is 303 g/mol. The van der Waals surface area contributed by atoms with Gasteiger partial charge in [0.25, 0.3) is 0 Å². The third-order valence-electron chi connectivity index (χ3n) is 3.68. The first-order chi connectivity index (χ1) is 10.8. The number of unbranched alkanes of at least 4 members (excludes halogenated alkanes) is 3. The molecule has 0 aliphatic carbocycles. The number of hydrogen-bond donors (Lipinski definition) is 1. The molecule has 2 aromatic rings. The Balaban J connectivity index is 1.98. The van der Waals surface area contributed by atoms with E-state index in [0.29, 0.717) is 5.69 Å². The Hall–Kier alpha value is -1.88. The topological polar surface area (TPSA) is 60.2 Å². The van der Waals surface area contributed by atoms with Crippen LogP contribution in [0.2, 0.25) is 0 Å². The predicted octanol–water partition coefficient (Wildman–Crippen LogP) is 3.28. The number of benzene rings is 1.